The lowest BCUT2D eigenvalue weighted by Crippen LogP contribution is -2.38. The molecule has 2 aliphatic rings. The molecule has 0 radical (unpaired) electrons. The van der Waals surface area contributed by atoms with Gasteiger partial charge in [0.25, 0.3) is 5.91 Å². The molecule has 0 spiro atoms. The highest BCUT2D eigenvalue weighted by atomic mass is 19.1. The van der Waals surface area contributed by atoms with Crippen molar-refractivity contribution in [3.63, 3.8) is 0 Å². The topological polar surface area (TPSA) is 41.9 Å². The Labute approximate surface area is 110 Å². The first-order chi connectivity index (χ1) is 9.25. The van der Waals surface area contributed by atoms with E-state index < -0.39 is 12.1 Å². The molecule has 2 heterocycles. The van der Waals surface area contributed by atoms with Crippen LogP contribution in [0.25, 0.3) is 0 Å². The van der Waals surface area contributed by atoms with Crippen LogP contribution in [0, 0.1) is 5.82 Å². The lowest BCUT2D eigenvalue weighted by atomic mass is 10.0. The predicted molar refractivity (Wildman–Crippen MR) is 68.3 cm³/mol. The van der Waals surface area contributed by atoms with Gasteiger partial charge in [0, 0.05) is 13.1 Å². The van der Waals surface area contributed by atoms with Gasteiger partial charge >= 0.3 is 0 Å². The predicted octanol–water partition coefficient (Wildman–Crippen LogP) is 1.92. The van der Waals surface area contributed by atoms with Gasteiger partial charge in [-0.3, -0.25) is 4.79 Å². The van der Waals surface area contributed by atoms with Gasteiger partial charge in [-0.25, -0.2) is 9.38 Å². The van der Waals surface area contributed by atoms with E-state index in [2.05, 4.69) is 4.99 Å². The molecule has 0 N–H and O–H groups in total. The first-order valence-corrected chi connectivity index (χ1v) is 6.47. The van der Waals surface area contributed by atoms with E-state index in [-0.39, 0.29) is 11.7 Å². The van der Waals surface area contributed by atoms with Crippen LogP contribution >= 0.6 is 0 Å². The molecule has 1 amide bonds. The van der Waals surface area contributed by atoms with Gasteiger partial charge in [-0.15, -0.1) is 0 Å². The van der Waals surface area contributed by atoms with Crippen molar-refractivity contribution >= 4 is 12.3 Å². The molecule has 19 heavy (non-hydrogen) atoms. The minimum absolute atomic E-state index is 0.000532. The summed E-state index contributed by atoms with van der Waals surface area (Å²) in [6.07, 6.45) is 2.98. The van der Waals surface area contributed by atoms with Gasteiger partial charge in [0.05, 0.1) is 0 Å². The van der Waals surface area contributed by atoms with Crippen molar-refractivity contribution in [3.05, 3.63) is 35.6 Å². The van der Waals surface area contributed by atoms with E-state index in [4.69, 9.17) is 4.74 Å². The maximum absolute atomic E-state index is 12.9. The SMILES string of the molecule is O=C([C@H]1N=CO[C@@H]1c1ccc(F)cc1)N1CCCC1. The van der Waals surface area contributed by atoms with Gasteiger partial charge in [0.15, 0.2) is 18.5 Å². The van der Waals surface area contributed by atoms with Crippen LogP contribution in [-0.2, 0) is 9.53 Å². The average Bonchev–Trinajstić information content (AvgIpc) is 3.10. The van der Waals surface area contributed by atoms with Gasteiger partial charge in [-0.1, -0.05) is 12.1 Å². The fourth-order valence-electron chi connectivity index (χ4n) is 2.55. The number of carbonyl (C=O) groups excluding carboxylic acids is 1. The molecule has 0 aromatic heterocycles. The molecular weight excluding hydrogens is 247 g/mol. The van der Waals surface area contributed by atoms with Crippen molar-refractivity contribution in [2.24, 2.45) is 4.99 Å². The smallest absolute Gasteiger partial charge is 0.251 e. The highest BCUT2D eigenvalue weighted by Gasteiger charge is 2.37. The Morgan fingerprint density at radius 2 is 1.95 bits per heavy atom. The number of ether oxygens (including phenoxy) is 1. The third-order valence-corrected chi connectivity index (χ3v) is 3.58. The molecule has 0 aliphatic carbocycles. The number of carbonyl (C=O) groups is 1. The van der Waals surface area contributed by atoms with Crippen LogP contribution in [0.3, 0.4) is 0 Å². The van der Waals surface area contributed by atoms with E-state index in [1.165, 1.54) is 18.5 Å². The van der Waals surface area contributed by atoms with Gasteiger partial charge < -0.3 is 9.64 Å². The maximum atomic E-state index is 12.9. The second-order valence-electron chi connectivity index (χ2n) is 4.84. The van der Waals surface area contributed by atoms with Crippen molar-refractivity contribution in [3.8, 4) is 0 Å². The molecule has 4 nitrogen and oxygen atoms in total. The zero-order chi connectivity index (χ0) is 13.2. The highest BCUT2D eigenvalue weighted by Crippen LogP contribution is 2.29. The van der Waals surface area contributed by atoms with Crippen LogP contribution in [0.5, 0.6) is 0 Å². The summed E-state index contributed by atoms with van der Waals surface area (Å²) in [5.41, 5.74) is 0.774. The molecule has 5 heteroatoms. The fourth-order valence-corrected chi connectivity index (χ4v) is 2.55. The van der Waals surface area contributed by atoms with Crippen LogP contribution in [0.1, 0.15) is 24.5 Å². The number of halogens is 1. The van der Waals surface area contributed by atoms with E-state index in [9.17, 15) is 9.18 Å². The number of nitrogens with zero attached hydrogens (tertiary/aromatic N) is 2. The van der Waals surface area contributed by atoms with Gasteiger partial charge in [0.1, 0.15) is 5.82 Å². The lowest BCUT2D eigenvalue weighted by Gasteiger charge is -2.22. The normalized spacial score (nSPS) is 25.6. The van der Waals surface area contributed by atoms with Crippen molar-refractivity contribution in [2.45, 2.75) is 25.0 Å². The molecule has 2 atom stereocenters. The fraction of sp³-hybridized carbons (Fsp3) is 0.429. The van der Waals surface area contributed by atoms with Crippen molar-refractivity contribution in [1.82, 2.24) is 4.90 Å². The number of rotatable bonds is 2. The summed E-state index contributed by atoms with van der Waals surface area (Å²) in [6, 6.07) is 5.48. The number of benzene rings is 1. The molecule has 0 saturated carbocycles. The summed E-state index contributed by atoms with van der Waals surface area (Å²) < 4.78 is 18.3. The molecule has 1 fully saturated rings. The highest BCUT2D eigenvalue weighted by molar-refractivity contribution is 5.85. The Balaban J connectivity index is 1.78. The van der Waals surface area contributed by atoms with Crippen LogP contribution in [-0.4, -0.2) is 36.3 Å². The summed E-state index contributed by atoms with van der Waals surface area (Å²) >= 11 is 0. The number of hydrogen-bond acceptors (Lipinski definition) is 3. The minimum atomic E-state index is -0.538. The van der Waals surface area contributed by atoms with E-state index in [0.29, 0.717) is 0 Å². The summed E-state index contributed by atoms with van der Waals surface area (Å²) in [4.78, 5) is 18.3. The number of hydrogen-bond donors (Lipinski definition) is 0. The van der Waals surface area contributed by atoms with Crippen LogP contribution in [0.4, 0.5) is 4.39 Å². The molecule has 1 aromatic carbocycles. The largest absolute Gasteiger partial charge is 0.473 e. The van der Waals surface area contributed by atoms with Crippen molar-refractivity contribution in [2.75, 3.05) is 13.1 Å². The molecule has 3 rings (SSSR count). The van der Waals surface area contributed by atoms with Crippen molar-refractivity contribution in [1.29, 1.82) is 0 Å². The van der Waals surface area contributed by atoms with E-state index in [0.717, 1.165) is 31.5 Å². The molecule has 100 valence electrons. The van der Waals surface area contributed by atoms with E-state index in [1.54, 1.807) is 12.1 Å². The van der Waals surface area contributed by atoms with Crippen LogP contribution < -0.4 is 0 Å². The molecule has 1 saturated heterocycles. The molecule has 0 bridgehead atoms. The second-order valence-corrected chi connectivity index (χ2v) is 4.84. The Morgan fingerprint density at radius 3 is 2.63 bits per heavy atom. The quantitative estimate of drug-likeness (QED) is 0.817. The van der Waals surface area contributed by atoms with Gasteiger partial charge in [-0.2, -0.15) is 0 Å². The van der Waals surface area contributed by atoms with Crippen LogP contribution in [0.15, 0.2) is 29.3 Å². The standard InChI is InChI=1S/C14H15FN2O2/c15-11-5-3-10(4-6-11)13-12(16-9-19-13)14(18)17-7-1-2-8-17/h3-6,9,12-13H,1-2,7-8H2/t12-,13+/m0/s1. The first kappa shape index (κ1) is 12.1. The zero-order valence-corrected chi connectivity index (χ0v) is 10.5. The number of amides is 1. The lowest BCUT2D eigenvalue weighted by molar-refractivity contribution is -0.133. The maximum Gasteiger partial charge on any atom is 0.251 e. The Bertz CT molecular complexity index is 495. The third kappa shape index (κ3) is 2.32. The Hall–Kier alpha value is -1.91. The van der Waals surface area contributed by atoms with E-state index in [1.807, 2.05) is 4.90 Å². The number of likely N-dealkylation sites (tertiary alicyclic amines) is 1. The summed E-state index contributed by atoms with van der Waals surface area (Å²) in [7, 11) is 0. The Kier molecular flexibility index (Phi) is 3.19. The molecule has 2 aliphatic heterocycles. The van der Waals surface area contributed by atoms with Crippen LogP contribution in [0.2, 0.25) is 0 Å². The zero-order valence-electron chi connectivity index (χ0n) is 10.5. The second kappa shape index (κ2) is 4.99. The number of aliphatic imine (C=N–C) groups is 1. The van der Waals surface area contributed by atoms with Gasteiger partial charge in [-0.05, 0) is 30.5 Å². The molecular formula is C14H15FN2O2. The molecule has 1 aromatic rings. The van der Waals surface area contributed by atoms with Gasteiger partial charge in [0.2, 0.25) is 0 Å². The monoisotopic (exact) mass is 262 g/mol. The van der Waals surface area contributed by atoms with Crippen molar-refractivity contribution < 1.29 is 13.9 Å². The average molecular weight is 262 g/mol. The summed E-state index contributed by atoms with van der Waals surface area (Å²) in [5.74, 6) is -0.300. The third-order valence-electron chi connectivity index (χ3n) is 3.58. The summed E-state index contributed by atoms with van der Waals surface area (Å²) in [6.45, 7) is 1.59. The summed E-state index contributed by atoms with van der Waals surface area (Å²) in [5, 5.41) is 0. The Morgan fingerprint density at radius 1 is 1.26 bits per heavy atom. The molecule has 0 unspecified atom stereocenters. The van der Waals surface area contributed by atoms with E-state index >= 15 is 0 Å². The minimum Gasteiger partial charge on any atom is -0.473 e. The first-order valence-electron chi connectivity index (χ1n) is 6.47.